The Morgan fingerprint density at radius 3 is 1.30 bits per heavy atom. The number of benzene rings is 1. The van der Waals surface area contributed by atoms with E-state index >= 15 is 19.2 Å². The zero-order valence-electron chi connectivity index (χ0n) is 67.6. The number of primary amides is 1. The number of hydrogen-bond donors (Lipinski definition) is 30. The Hall–Kier alpha value is -11.1. The number of aliphatic carboxylic acids is 2. The lowest BCUT2D eigenvalue weighted by Crippen LogP contribution is -2.62. The number of carbonyl (C=O) groups excluding carboxylic acids is 16. The first-order chi connectivity index (χ1) is 60.0. The second-order valence-electron chi connectivity index (χ2n) is 28.6. The summed E-state index contributed by atoms with van der Waals surface area (Å²) in [7, 11) is 4.21. The van der Waals surface area contributed by atoms with Crippen LogP contribution in [-0.2, 0) is 99.1 Å². The number of rotatable bonds is 25. The summed E-state index contributed by atoms with van der Waals surface area (Å²) in [6.45, 7) is -0.387. The van der Waals surface area contributed by atoms with Crippen LogP contribution >= 0.6 is 64.8 Å². The molecule has 0 aliphatic carbocycles. The summed E-state index contributed by atoms with van der Waals surface area (Å²) in [6.07, 6.45) is -0.291. The van der Waals surface area contributed by atoms with Crippen molar-refractivity contribution >= 4 is 188 Å². The van der Waals surface area contributed by atoms with Gasteiger partial charge in [-0.2, -0.15) is 0 Å². The summed E-state index contributed by atoms with van der Waals surface area (Å²) in [6, 6.07) is -23.8. The number of H-pyrrole nitrogens is 2. The molecular formula is C71H106N26O23S6. The molecular weight excluding hydrogens is 1780 g/mol. The van der Waals surface area contributed by atoms with Crippen LogP contribution in [0.1, 0.15) is 69.0 Å². The molecule has 16 atom stereocenters. The summed E-state index contributed by atoms with van der Waals surface area (Å²) >= 11 is 0. The largest absolute Gasteiger partial charge is 0.481 e. The summed E-state index contributed by atoms with van der Waals surface area (Å²) in [4.78, 5) is 270. The molecule has 0 radical (unpaired) electrons. The van der Waals surface area contributed by atoms with Gasteiger partial charge in [-0.3, -0.25) is 86.9 Å². The maximum atomic E-state index is 15.5. The molecule has 2 aromatic heterocycles. The van der Waals surface area contributed by atoms with Crippen LogP contribution < -0.4 is 119 Å². The van der Waals surface area contributed by atoms with E-state index in [1.807, 2.05) is 0 Å². The molecule has 0 saturated carbocycles. The molecule has 694 valence electrons. The molecule has 3 aromatic rings. The van der Waals surface area contributed by atoms with Crippen LogP contribution in [0.3, 0.4) is 0 Å². The van der Waals surface area contributed by atoms with Crippen LogP contribution in [-0.4, -0.2) is 324 Å². The molecule has 0 unspecified atom stereocenters. The number of carboxylic acid groups (broad SMARTS) is 2. The number of fused-ring (bicyclic) bond motifs is 20. The first kappa shape index (κ1) is 104. The maximum Gasteiger partial charge on any atom is 0.327 e. The van der Waals surface area contributed by atoms with Crippen molar-refractivity contribution in [2.24, 2.45) is 28.7 Å². The van der Waals surface area contributed by atoms with Gasteiger partial charge in [0.15, 0.2) is 5.96 Å². The number of unbranched alkanes of at least 4 members (excludes halogenated alkanes) is 1. The lowest BCUT2D eigenvalue weighted by Gasteiger charge is -2.28. The highest BCUT2D eigenvalue weighted by Gasteiger charge is 2.41. The van der Waals surface area contributed by atoms with Crippen molar-refractivity contribution in [3.63, 3.8) is 0 Å². The number of aromatic nitrogens is 3. The van der Waals surface area contributed by atoms with Crippen LogP contribution in [0, 0.1) is 5.41 Å². The molecule has 5 heterocycles. The third kappa shape index (κ3) is 34.7. The molecule has 126 heavy (non-hydrogen) atoms. The predicted molar refractivity (Wildman–Crippen MR) is 464 cm³/mol. The average molecular weight is 1880 g/mol. The number of nitrogens with one attached hydrogen (secondary N) is 20. The van der Waals surface area contributed by atoms with E-state index in [4.69, 9.17) is 34.1 Å². The zero-order chi connectivity index (χ0) is 92.7. The first-order valence-corrected chi connectivity index (χ1v) is 46.6. The summed E-state index contributed by atoms with van der Waals surface area (Å²) in [5.74, 6) is -27.6. The van der Waals surface area contributed by atoms with E-state index < -0.39 is 302 Å². The third-order valence-corrected chi connectivity index (χ3v) is 26.1. The Morgan fingerprint density at radius 2 is 0.825 bits per heavy atom. The molecule has 3 aliphatic rings. The number of aliphatic hydroxyl groups is 3. The molecule has 3 fully saturated rings. The van der Waals surface area contributed by atoms with Gasteiger partial charge in [0.25, 0.3) is 0 Å². The monoisotopic (exact) mass is 1880 g/mol. The minimum atomic E-state index is -2.16. The van der Waals surface area contributed by atoms with E-state index in [2.05, 4.69) is 112 Å². The summed E-state index contributed by atoms with van der Waals surface area (Å²) < 4.78 is 0. The van der Waals surface area contributed by atoms with Crippen molar-refractivity contribution in [1.82, 2.24) is 105 Å². The van der Waals surface area contributed by atoms with Crippen molar-refractivity contribution in [1.29, 1.82) is 5.41 Å². The van der Waals surface area contributed by atoms with Crippen molar-refractivity contribution in [2.75, 3.05) is 74.0 Å². The van der Waals surface area contributed by atoms with E-state index in [1.54, 1.807) is 24.3 Å². The number of hydrogen-bond acceptors (Lipinski definition) is 33. The number of carboxylic acids is 2. The topological polar surface area (TPSA) is 811 Å². The molecule has 49 nitrogen and oxygen atoms in total. The van der Waals surface area contributed by atoms with Gasteiger partial charge in [0.2, 0.25) is 94.5 Å². The first-order valence-electron chi connectivity index (χ1n) is 39.1. The Labute approximate surface area is 743 Å². The van der Waals surface area contributed by atoms with Gasteiger partial charge in [-0.05, 0) is 63.1 Å². The van der Waals surface area contributed by atoms with E-state index in [0.717, 1.165) is 21.6 Å². The summed E-state index contributed by atoms with van der Waals surface area (Å²) in [5, 5.41) is 103. The van der Waals surface area contributed by atoms with Gasteiger partial charge < -0.3 is 155 Å². The van der Waals surface area contributed by atoms with Gasteiger partial charge in [0.1, 0.15) is 90.6 Å². The number of aliphatic hydroxyl groups excluding tert-OH is 3. The number of nitrogens with two attached hydrogens (primary N) is 5. The maximum absolute atomic E-state index is 15.5. The molecule has 55 heteroatoms. The third-order valence-electron chi connectivity index (χ3n) is 18.8. The normalized spacial score (nSPS) is 26.4. The highest BCUT2D eigenvalue weighted by atomic mass is 33.1. The van der Waals surface area contributed by atoms with Crippen LogP contribution in [0.25, 0.3) is 10.9 Å². The van der Waals surface area contributed by atoms with E-state index in [9.17, 15) is 92.7 Å². The fourth-order valence-electron chi connectivity index (χ4n) is 12.1. The Bertz CT molecular complexity index is 4350. The highest BCUT2D eigenvalue weighted by molar-refractivity contribution is 8.77. The molecule has 4 bridgehead atoms. The number of amides is 16. The van der Waals surface area contributed by atoms with Crippen molar-refractivity contribution in [3.8, 4) is 0 Å². The molecule has 1 aromatic carbocycles. The van der Waals surface area contributed by atoms with E-state index in [1.165, 1.54) is 18.7 Å². The second kappa shape index (κ2) is 53.4. The van der Waals surface area contributed by atoms with Gasteiger partial charge in [-0.25, -0.2) is 9.78 Å². The number of aromatic amines is 2. The molecule has 3 aliphatic heterocycles. The lowest BCUT2D eigenvalue weighted by atomic mass is 10.0. The van der Waals surface area contributed by atoms with Crippen molar-refractivity contribution < 1.29 is 112 Å². The van der Waals surface area contributed by atoms with Crippen LogP contribution in [0.15, 0.2) is 55.4 Å². The molecule has 16 amide bonds. The van der Waals surface area contributed by atoms with Gasteiger partial charge in [0, 0.05) is 89.4 Å². The van der Waals surface area contributed by atoms with Gasteiger partial charge in [-0.1, -0.05) is 89.5 Å². The van der Waals surface area contributed by atoms with Crippen LogP contribution in [0.5, 0.6) is 0 Å². The molecule has 35 N–H and O–H groups in total. The standard InChI is InChI=1S/C71H106N26O23S6/c1-32(73)79-14-6-11-39-57(106)89-44(19-54(102)103)62(111)87-42(17-34-21-78-31-82-34)60(109)90-45(22-98)63(112)84-40(12-7-15-80-71(76)77)58(107)94-51-29-124-123-28-50-68(117)92-47(24-100)65(114)91-46(23-99)64(113)83-38(10-4-5-13-72)56(105)86-41(16-33-20-81-37-9-3-2-8-35(33)37)59(108)95-49(66(115)85-39)27-122-121-25-36(74)55(104)93-48(26-125-126-30-52(70(119)120)97-69(51)118)67(116)88-43(18-53(75)101)61(110)96-50/h2-3,8-9,20-21,31,36,38-52,79,81,98-100H,1,4-7,10-19,22-30,72-74H2,(H2,75,101)(H,78,82)(H,83,113)(H,84,112)(H,85,115)(H,86,105)(H,87,111)(H,88,116)(H,89,106)(H,90,109)(H,91,114)(H,92,117)(H,93,104)(H,94,107)(H,95,108)(H,96,110)(H,97,118)(H,102,103)(H,119,120)(H4,76,77,80)/t36-,38-,39-,40-,41-,42-,43-,44-,45-,46-,47-,48-,49-,50-,51-,52-/m0/s1. The predicted octanol–water partition coefficient (Wildman–Crippen LogP) is -10.9. The number of guanidine groups is 1. The van der Waals surface area contributed by atoms with Crippen molar-refractivity contribution in [2.45, 2.75) is 167 Å². The fraction of sp³-hybridized carbons (Fsp3) is 0.549. The number of carbonyl (C=O) groups is 18. The second-order valence-corrected chi connectivity index (χ2v) is 36.2. The highest BCUT2D eigenvalue weighted by Crippen LogP contribution is 2.28. The SMILES string of the molecule is C=C(N)NCCC[C@@H]1NC(=O)[C@@H]2CSSC[C@H](N)C(=O)N[C@H]3CSSC[C@@H](C(=O)O)NC(=O)[C@H](CSSC[C@H](NC(=O)[C@H](CC(N)=O)NC3=O)C(=O)N[C@@H](CO)C(=O)N[C@@H](CO)C(=O)N[C@@H](CCCCN)C(=O)N[C@@H](Cc3c[nH]c4ccccc34)C(=O)N2)NC(=O)[C@H](CCCNC(=N)N)NC(=O)[C@H](CO)NC(=O)[C@H](Cc2cnc[nH]2)NC(=O)[C@H](CC(=O)O)NC1=O. The Balaban J connectivity index is 1.62. The fourth-order valence-corrected chi connectivity index (χ4v) is 19.0. The van der Waals surface area contributed by atoms with Crippen LogP contribution in [0.2, 0.25) is 0 Å². The Kier molecular flexibility index (Phi) is 44.0. The molecule has 3 saturated heterocycles. The summed E-state index contributed by atoms with van der Waals surface area (Å²) in [5.41, 5.74) is 30.4. The number of imidazole rings is 1. The smallest absolute Gasteiger partial charge is 0.327 e. The number of nitrogens with zero attached hydrogens (tertiary/aromatic N) is 1. The van der Waals surface area contributed by atoms with Gasteiger partial charge in [-0.15, -0.1) is 0 Å². The Morgan fingerprint density at radius 1 is 0.444 bits per heavy atom. The van der Waals surface area contributed by atoms with Gasteiger partial charge in [0.05, 0.1) is 50.9 Å². The minimum Gasteiger partial charge on any atom is -0.481 e. The quantitative estimate of drug-likeness (QED) is 0.0162. The molecule has 6 rings (SSSR count). The minimum absolute atomic E-state index is 0.0443. The van der Waals surface area contributed by atoms with E-state index in [-0.39, 0.29) is 63.3 Å². The lowest BCUT2D eigenvalue weighted by molar-refractivity contribution is -0.142. The van der Waals surface area contributed by atoms with Gasteiger partial charge >= 0.3 is 11.9 Å². The zero-order valence-corrected chi connectivity index (χ0v) is 72.5. The van der Waals surface area contributed by atoms with Crippen LogP contribution in [0.4, 0.5) is 0 Å². The van der Waals surface area contributed by atoms with Crippen molar-refractivity contribution in [3.05, 3.63) is 66.6 Å². The van der Waals surface area contributed by atoms with E-state index in [0.29, 0.717) is 59.6 Å². The molecule has 0 spiro atoms. The number of para-hydroxylation sites is 1. The average Bonchev–Trinajstić information content (AvgIpc) is 1.66.